The highest BCUT2D eigenvalue weighted by molar-refractivity contribution is 5.04. The molecule has 6 heterocycles. The van der Waals surface area contributed by atoms with E-state index in [2.05, 4.69) is 0 Å². The lowest BCUT2D eigenvalue weighted by Crippen LogP contribution is -2.67. The van der Waals surface area contributed by atoms with Gasteiger partial charge in [-0.3, -0.25) is 0 Å². The molecule has 30 heteroatoms. The van der Waals surface area contributed by atoms with Gasteiger partial charge < -0.3 is 149 Å². The Morgan fingerprint density at radius 2 is 0.682 bits per heavy atom. The second kappa shape index (κ2) is 23.4. The summed E-state index contributed by atoms with van der Waals surface area (Å²) in [4.78, 5) is 0. The van der Waals surface area contributed by atoms with Gasteiger partial charge in [-0.05, 0) is 0 Å². The van der Waals surface area contributed by atoms with Crippen LogP contribution < -0.4 is 0 Å². The number of hydrogen-bond acceptors (Lipinski definition) is 30. The number of aliphatic hydroxyl groups excluding tert-OH is 19. The molecule has 19 N–H and O–H groups in total. The monoisotopic (exact) mass is 974 g/mol. The first-order chi connectivity index (χ1) is 31.4. The zero-order chi connectivity index (χ0) is 48.5. The van der Waals surface area contributed by atoms with E-state index in [9.17, 15) is 97.0 Å². The number of ether oxygens (including phenoxy) is 11. The van der Waals surface area contributed by atoms with Crippen LogP contribution in [0, 0.1) is 0 Å². The highest BCUT2D eigenvalue weighted by atomic mass is 16.8. The first kappa shape index (κ1) is 54.1. The minimum atomic E-state index is -2.07. The molecule has 6 fully saturated rings. The average molecular weight is 975 g/mol. The normalized spacial score (nSPS) is 49.4. The van der Waals surface area contributed by atoms with E-state index in [0.29, 0.717) is 0 Å². The molecular weight excluding hydrogens is 912 g/mol. The maximum atomic E-state index is 11.2. The predicted molar refractivity (Wildman–Crippen MR) is 198 cm³/mol. The maximum absolute atomic E-state index is 11.2. The molecule has 30 nitrogen and oxygen atoms in total. The van der Waals surface area contributed by atoms with Gasteiger partial charge in [-0.2, -0.15) is 0 Å². The third kappa shape index (κ3) is 11.1. The van der Waals surface area contributed by atoms with Gasteiger partial charge in [0.05, 0.1) is 46.2 Å². The summed E-state index contributed by atoms with van der Waals surface area (Å²) in [6, 6.07) is 0. The van der Waals surface area contributed by atoms with Crippen molar-refractivity contribution in [3.63, 3.8) is 0 Å². The van der Waals surface area contributed by atoms with Crippen molar-refractivity contribution >= 4 is 0 Å². The molecule has 6 saturated heterocycles. The summed E-state index contributed by atoms with van der Waals surface area (Å²) < 4.78 is 62.0. The third-order valence-electron chi connectivity index (χ3n) is 12.3. The van der Waals surface area contributed by atoms with E-state index in [0.717, 1.165) is 0 Å². The van der Waals surface area contributed by atoms with Crippen molar-refractivity contribution < 1.29 is 149 Å². The highest BCUT2D eigenvalue weighted by Gasteiger charge is 2.63. The Bertz CT molecular complexity index is 1470. The van der Waals surface area contributed by atoms with Crippen molar-refractivity contribution in [3.05, 3.63) is 0 Å². The van der Waals surface area contributed by atoms with Gasteiger partial charge in [0.1, 0.15) is 146 Å². The van der Waals surface area contributed by atoms with Crippen molar-refractivity contribution in [3.8, 4) is 0 Å². The van der Waals surface area contributed by atoms with Gasteiger partial charge in [0, 0.05) is 0 Å². The van der Waals surface area contributed by atoms with Gasteiger partial charge in [-0.25, -0.2) is 0 Å². The molecule has 0 radical (unpaired) electrons. The summed E-state index contributed by atoms with van der Waals surface area (Å²) in [7, 11) is 0. The summed E-state index contributed by atoms with van der Waals surface area (Å²) in [5.41, 5.74) is 0. The first-order valence-electron chi connectivity index (χ1n) is 21.0. The van der Waals surface area contributed by atoms with Gasteiger partial charge in [0.15, 0.2) is 31.5 Å². The van der Waals surface area contributed by atoms with Gasteiger partial charge in [-0.15, -0.1) is 0 Å². The van der Waals surface area contributed by atoms with Crippen LogP contribution in [0.5, 0.6) is 0 Å². The smallest absolute Gasteiger partial charge is 0.187 e. The Morgan fingerprint density at radius 3 is 1.12 bits per heavy atom. The fourth-order valence-corrected chi connectivity index (χ4v) is 8.36. The molecular formula is C36H62O30. The molecule has 0 bridgehead atoms. The van der Waals surface area contributed by atoms with E-state index in [-0.39, 0.29) is 0 Å². The molecule has 29 atom stereocenters. The van der Waals surface area contributed by atoms with Crippen LogP contribution in [0.2, 0.25) is 0 Å². The fraction of sp³-hybridized carbons (Fsp3) is 1.00. The molecule has 66 heavy (non-hydrogen) atoms. The summed E-state index contributed by atoms with van der Waals surface area (Å²) in [5, 5.41) is 196. The Morgan fingerprint density at radius 1 is 0.333 bits per heavy atom. The molecule has 6 rings (SSSR count). The largest absolute Gasteiger partial charge is 0.394 e. The molecule has 0 unspecified atom stereocenters. The lowest BCUT2D eigenvalue weighted by molar-refractivity contribution is -0.383. The Kier molecular flexibility index (Phi) is 19.2. The Labute approximate surface area is 373 Å². The molecule has 6 aliphatic heterocycles. The van der Waals surface area contributed by atoms with E-state index in [4.69, 9.17) is 52.1 Å². The summed E-state index contributed by atoms with van der Waals surface area (Å²) in [6.45, 7) is -6.39. The molecule has 0 amide bonds. The van der Waals surface area contributed by atoms with E-state index in [1.165, 1.54) is 0 Å². The van der Waals surface area contributed by atoms with Gasteiger partial charge in [0.25, 0.3) is 0 Å². The topological polar surface area (TPSA) is 489 Å². The zero-order valence-electron chi connectivity index (χ0n) is 34.7. The molecule has 0 spiro atoms. The van der Waals surface area contributed by atoms with Crippen molar-refractivity contribution in [2.45, 2.75) is 178 Å². The highest BCUT2D eigenvalue weighted by Crippen LogP contribution is 2.43. The van der Waals surface area contributed by atoms with Crippen molar-refractivity contribution in [2.75, 3.05) is 46.2 Å². The van der Waals surface area contributed by atoms with E-state index >= 15 is 0 Å². The molecule has 0 aromatic carbocycles. The van der Waals surface area contributed by atoms with Crippen LogP contribution in [0.25, 0.3) is 0 Å². The van der Waals surface area contributed by atoms with E-state index < -0.39 is 224 Å². The minimum absolute atomic E-state index is 0.813. The molecule has 386 valence electrons. The average Bonchev–Trinajstić information content (AvgIpc) is 4.13. The van der Waals surface area contributed by atoms with Crippen molar-refractivity contribution in [1.82, 2.24) is 0 Å². The predicted octanol–water partition coefficient (Wildman–Crippen LogP) is -13.4. The molecule has 0 aliphatic carbocycles. The fourth-order valence-electron chi connectivity index (χ4n) is 8.36. The van der Waals surface area contributed by atoms with Crippen LogP contribution in [0.15, 0.2) is 0 Å². The summed E-state index contributed by atoms with van der Waals surface area (Å²) in [5.74, 6) is 0. The first-order valence-corrected chi connectivity index (χ1v) is 21.0. The summed E-state index contributed by atoms with van der Waals surface area (Å²) >= 11 is 0. The maximum Gasteiger partial charge on any atom is 0.187 e. The quantitative estimate of drug-likeness (QED) is 0.0504. The van der Waals surface area contributed by atoms with E-state index in [1.54, 1.807) is 0 Å². The second-order valence-electron chi connectivity index (χ2n) is 16.6. The third-order valence-corrected chi connectivity index (χ3v) is 12.3. The van der Waals surface area contributed by atoms with Crippen molar-refractivity contribution in [2.24, 2.45) is 0 Å². The molecule has 0 aromatic heterocycles. The SMILES string of the molecule is OC[C@@H](O)[C@@H](O[C@H]1O[C@H](CO)[C@@H](O[C@H]2O[C@H](CO)[C@@H](O[C@H]3O[C@H](CO)[C@@H](O[C@H]4O[C@H](CO)[C@@H](O[C@H]5O[C@H](CO)[C@@H](O)[C@H](O)[C@H]5O)[C@H](O)[C@H]4O)[C@H](O)[C@H]3O)[C@@H]3O[C@H]23)[C@H](O)[C@H]1O)[C@H](O)[C@@H](O)CO. The van der Waals surface area contributed by atoms with Gasteiger partial charge in [-0.1, -0.05) is 0 Å². The number of epoxide rings is 1. The Hall–Kier alpha value is -1.20. The van der Waals surface area contributed by atoms with Crippen LogP contribution in [0.1, 0.15) is 0 Å². The van der Waals surface area contributed by atoms with Crippen LogP contribution in [0.4, 0.5) is 0 Å². The van der Waals surface area contributed by atoms with Gasteiger partial charge in [0.2, 0.25) is 0 Å². The molecule has 6 aliphatic rings. The summed E-state index contributed by atoms with van der Waals surface area (Å²) in [6.07, 6.45) is -50.1. The Balaban J connectivity index is 1.06. The van der Waals surface area contributed by atoms with Crippen molar-refractivity contribution in [1.29, 1.82) is 0 Å². The lowest BCUT2D eigenvalue weighted by Gasteiger charge is -2.48. The molecule has 0 saturated carbocycles. The minimum Gasteiger partial charge on any atom is -0.394 e. The van der Waals surface area contributed by atoms with Crippen LogP contribution >= 0.6 is 0 Å². The molecule has 0 aromatic rings. The second-order valence-corrected chi connectivity index (χ2v) is 16.6. The zero-order valence-corrected chi connectivity index (χ0v) is 34.7. The lowest BCUT2D eigenvalue weighted by atomic mass is 9.96. The number of rotatable bonds is 20. The van der Waals surface area contributed by atoms with Gasteiger partial charge >= 0.3 is 0 Å². The van der Waals surface area contributed by atoms with E-state index in [1.807, 2.05) is 0 Å². The number of aliphatic hydroxyl groups is 19. The standard InChI is InChI=1S/C36H62O30/c37-1-8(44)15(46)25(9(45)2-38)62-33-22(53)20(51)28(13(6-42)57-33)65-36-31-30(61-31)29(14(7-43)60-36)66-35-24(55)19(50)27(12(5-41)59-35)64-34-23(54)18(49)26(11(4-40)58-34)63-32-21(52)17(48)16(47)10(3-39)56-32/h8-55H,1-7H2/t8-,9+,10+,11+,12+,13+,14+,15+,16+,17-,18+,19+,20+,21+,22+,23+,24+,25+,26+,27+,28+,29+,30-,31-,32+,33+,34+,35+,36+/m0/s1. The van der Waals surface area contributed by atoms with Crippen LogP contribution in [0.3, 0.4) is 0 Å². The number of hydrogen-bond donors (Lipinski definition) is 19. The van der Waals surface area contributed by atoms with Crippen LogP contribution in [-0.2, 0) is 52.1 Å². The number of fused-ring (bicyclic) bond motifs is 1. The van der Waals surface area contributed by atoms with Crippen LogP contribution in [-0.4, -0.2) is 321 Å².